The normalized spacial score (nSPS) is 12.0. The quantitative estimate of drug-likeness (QED) is 0.829. The van der Waals surface area contributed by atoms with Crippen molar-refractivity contribution >= 4 is 23.3 Å². The second kappa shape index (κ2) is 5.70. The minimum atomic E-state index is -0.499. The zero-order chi connectivity index (χ0) is 12.1. The molecule has 0 saturated carbocycles. The highest BCUT2D eigenvalue weighted by Gasteiger charge is 2.13. The number of halogens is 2. The van der Waals surface area contributed by atoms with E-state index in [4.69, 9.17) is 16.3 Å². The third-order valence-corrected chi connectivity index (χ3v) is 2.23. The number of nitrogens with one attached hydrogen (secondary N) is 1. The Morgan fingerprint density at radius 2 is 2.31 bits per heavy atom. The molecular weight excluding hydrogens is 233 g/mol. The third kappa shape index (κ3) is 3.38. The van der Waals surface area contributed by atoms with Gasteiger partial charge in [0.15, 0.2) is 0 Å². The number of carbonyl (C=O) groups excluding carboxylic acids is 1. The topological polar surface area (TPSA) is 38.3 Å². The molecule has 5 heteroatoms. The molecule has 0 amide bonds. The van der Waals surface area contributed by atoms with Crippen molar-refractivity contribution in [3.63, 3.8) is 0 Å². The Hall–Kier alpha value is -1.29. The molecule has 0 heterocycles. The molecular formula is C11H13ClFNO2. The summed E-state index contributed by atoms with van der Waals surface area (Å²) >= 11 is 5.61. The number of esters is 1. The zero-order valence-corrected chi connectivity index (χ0v) is 9.84. The summed E-state index contributed by atoms with van der Waals surface area (Å²) in [6.07, 6.45) is 0. The van der Waals surface area contributed by atoms with Crippen LogP contribution < -0.4 is 5.32 Å². The highest BCUT2D eigenvalue weighted by molar-refractivity contribution is 6.31. The lowest BCUT2D eigenvalue weighted by atomic mass is 10.2. The summed E-state index contributed by atoms with van der Waals surface area (Å²) in [5, 5.41) is 2.88. The minimum Gasteiger partial charge on any atom is -0.464 e. The van der Waals surface area contributed by atoms with Crippen LogP contribution in [0.5, 0.6) is 0 Å². The average Bonchev–Trinajstić information content (AvgIpc) is 2.24. The van der Waals surface area contributed by atoms with Crippen molar-refractivity contribution in [3.8, 4) is 0 Å². The first-order valence-electron chi connectivity index (χ1n) is 4.92. The molecule has 0 spiro atoms. The lowest BCUT2D eigenvalue weighted by molar-refractivity contribution is -0.143. The molecule has 1 aromatic rings. The Bertz CT molecular complexity index is 384. The molecule has 1 atom stereocenters. The Morgan fingerprint density at radius 3 is 2.88 bits per heavy atom. The van der Waals surface area contributed by atoms with Gasteiger partial charge in [-0.1, -0.05) is 11.6 Å². The molecule has 0 saturated heterocycles. The molecule has 0 bridgehead atoms. The van der Waals surface area contributed by atoms with Gasteiger partial charge in [-0.3, -0.25) is 0 Å². The average molecular weight is 246 g/mol. The van der Waals surface area contributed by atoms with Crippen LogP contribution in [0.4, 0.5) is 10.1 Å². The fraction of sp³-hybridized carbons (Fsp3) is 0.364. The number of anilines is 1. The van der Waals surface area contributed by atoms with Gasteiger partial charge < -0.3 is 10.1 Å². The molecule has 0 aromatic heterocycles. The van der Waals surface area contributed by atoms with Crippen LogP contribution in [-0.2, 0) is 9.53 Å². The van der Waals surface area contributed by atoms with E-state index in [0.29, 0.717) is 12.3 Å². The van der Waals surface area contributed by atoms with Crippen molar-refractivity contribution < 1.29 is 13.9 Å². The van der Waals surface area contributed by atoms with Crippen molar-refractivity contribution in [2.45, 2.75) is 19.9 Å². The van der Waals surface area contributed by atoms with E-state index in [1.54, 1.807) is 13.8 Å². The van der Waals surface area contributed by atoms with Gasteiger partial charge >= 0.3 is 5.97 Å². The predicted octanol–water partition coefficient (Wildman–Crippen LogP) is 2.84. The lowest BCUT2D eigenvalue weighted by Crippen LogP contribution is -2.28. The van der Waals surface area contributed by atoms with Crippen LogP contribution in [0.25, 0.3) is 0 Å². The van der Waals surface area contributed by atoms with Crippen molar-refractivity contribution in [1.29, 1.82) is 0 Å². The fourth-order valence-electron chi connectivity index (χ4n) is 1.16. The van der Waals surface area contributed by atoms with Crippen LogP contribution in [0.3, 0.4) is 0 Å². The molecule has 0 unspecified atom stereocenters. The SMILES string of the molecule is CCOC(=O)[C@H](C)Nc1ccc(F)c(Cl)c1. The summed E-state index contributed by atoms with van der Waals surface area (Å²) < 4.78 is 17.7. The molecule has 0 radical (unpaired) electrons. The van der Waals surface area contributed by atoms with E-state index in [1.807, 2.05) is 0 Å². The summed E-state index contributed by atoms with van der Waals surface area (Å²) in [7, 11) is 0. The number of rotatable bonds is 4. The molecule has 0 aliphatic rings. The number of hydrogen-bond acceptors (Lipinski definition) is 3. The monoisotopic (exact) mass is 245 g/mol. The minimum absolute atomic E-state index is 0.0149. The number of ether oxygens (including phenoxy) is 1. The molecule has 0 fully saturated rings. The summed E-state index contributed by atoms with van der Waals surface area (Å²) in [5.74, 6) is -0.848. The Morgan fingerprint density at radius 1 is 1.62 bits per heavy atom. The molecule has 1 aromatic carbocycles. The molecule has 3 nitrogen and oxygen atoms in total. The van der Waals surface area contributed by atoms with E-state index >= 15 is 0 Å². The molecule has 16 heavy (non-hydrogen) atoms. The van der Waals surface area contributed by atoms with Gasteiger partial charge in [0.2, 0.25) is 0 Å². The van der Waals surface area contributed by atoms with Crippen LogP contribution in [0, 0.1) is 5.82 Å². The summed E-state index contributed by atoms with van der Waals surface area (Å²) in [5.41, 5.74) is 0.576. The highest BCUT2D eigenvalue weighted by atomic mass is 35.5. The maximum Gasteiger partial charge on any atom is 0.328 e. The van der Waals surface area contributed by atoms with Crippen molar-refractivity contribution in [3.05, 3.63) is 29.0 Å². The summed E-state index contributed by atoms with van der Waals surface area (Å²) in [6.45, 7) is 3.73. The first-order valence-corrected chi connectivity index (χ1v) is 5.30. The Balaban J connectivity index is 2.66. The highest BCUT2D eigenvalue weighted by Crippen LogP contribution is 2.19. The van der Waals surface area contributed by atoms with Gasteiger partial charge in [0.25, 0.3) is 0 Å². The maximum absolute atomic E-state index is 12.9. The van der Waals surface area contributed by atoms with Crippen molar-refractivity contribution in [2.24, 2.45) is 0 Å². The fourth-order valence-corrected chi connectivity index (χ4v) is 1.34. The van der Waals surface area contributed by atoms with E-state index in [1.165, 1.54) is 18.2 Å². The zero-order valence-electron chi connectivity index (χ0n) is 9.09. The molecule has 88 valence electrons. The van der Waals surface area contributed by atoms with Crippen LogP contribution in [-0.4, -0.2) is 18.6 Å². The third-order valence-electron chi connectivity index (χ3n) is 1.94. The Kier molecular flexibility index (Phi) is 4.55. The van der Waals surface area contributed by atoms with Crippen LogP contribution in [0.1, 0.15) is 13.8 Å². The van der Waals surface area contributed by atoms with Gasteiger partial charge in [0, 0.05) is 5.69 Å². The van der Waals surface area contributed by atoms with Gasteiger partial charge in [-0.25, -0.2) is 9.18 Å². The van der Waals surface area contributed by atoms with E-state index < -0.39 is 11.9 Å². The summed E-state index contributed by atoms with van der Waals surface area (Å²) in [6, 6.07) is 3.67. The van der Waals surface area contributed by atoms with E-state index in [2.05, 4.69) is 5.32 Å². The second-order valence-electron chi connectivity index (χ2n) is 3.25. The van der Waals surface area contributed by atoms with Crippen LogP contribution in [0.15, 0.2) is 18.2 Å². The smallest absolute Gasteiger partial charge is 0.328 e. The van der Waals surface area contributed by atoms with Crippen LogP contribution >= 0.6 is 11.6 Å². The summed E-state index contributed by atoms with van der Waals surface area (Å²) in [4.78, 5) is 11.3. The number of hydrogen-bond donors (Lipinski definition) is 1. The van der Waals surface area contributed by atoms with Crippen molar-refractivity contribution in [1.82, 2.24) is 0 Å². The molecule has 0 aliphatic heterocycles. The van der Waals surface area contributed by atoms with E-state index in [9.17, 15) is 9.18 Å². The van der Waals surface area contributed by atoms with Gasteiger partial charge in [-0.15, -0.1) is 0 Å². The largest absolute Gasteiger partial charge is 0.464 e. The van der Waals surface area contributed by atoms with Gasteiger partial charge in [-0.05, 0) is 32.0 Å². The van der Waals surface area contributed by atoms with Gasteiger partial charge in [-0.2, -0.15) is 0 Å². The Labute approximate surface area is 98.5 Å². The van der Waals surface area contributed by atoms with Gasteiger partial charge in [0.05, 0.1) is 11.6 Å². The first-order chi connectivity index (χ1) is 7.54. The number of benzene rings is 1. The standard InChI is InChI=1S/C11H13ClFNO2/c1-3-16-11(15)7(2)14-8-4-5-10(13)9(12)6-8/h4-7,14H,3H2,1-2H3/t7-/m0/s1. The van der Waals surface area contributed by atoms with Crippen molar-refractivity contribution in [2.75, 3.05) is 11.9 Å². The van der Waals surface area contributed by atoms with Crippen LogP contribution in [0.2, 0.25) is 5.02 Å². The lowest BCUT2D eigenvalue weighted by Gasteiger charge is -2.13. The van der Waals surface area contributed by atoms with E-state index in [-0.39, 0.29) is 11.0 Å². The maximum atomic E-state index is 12.9. The van der Waals surface area contributed by atoms with Gasteiger partial charge in [0.1, 0.15) is 11.9 Å². The molecule has 1 rings (SSSR count). The first kappa shape index (κ1) is 12.8. The second-order valence-corrected chi connectivity index (χ2v) is 3.65. The number of carbonyl (C=O) groups is 1. The molecule has 1 N–H and O–H groups in total. The molecule has 0 aliphatic carbocycles. The predicted molar refractivity (Wildman–Crippen MR) is 61.1 cm³/mol. The van der Waals surface area contributed by atoms with E-state index in [0.717, 1.165) is 0 Å².